The highest BCUT2D eigenvalue weighted by molar-refractivity contribution is 5.95. The summed E-state index contributed by atoms with van der Waals surface area (Å²) >= 11 is 0. The van der Waals surface area contributed by atoms with Crippen molar-refractivity contribution in [2.45, 2.75) is 33.2 Å². The average molecular weight is 419 g/mol. The monoisotopic (exact) mass is 419 g/mol. The topological polar surface area (TPSA) is 132 Å². The fourth-order valence-corrected chi connectivity index (χ4v) is 2.81. The first-order chi connectivity index (χ1) is 14.4. The van der Waals surface area contributed by atoms with Gasteiger partial charge in [-0.3, -0.25) is 5.32 Å². The summed E-state index contributed by atoms with van der Waals surface area (Å²) < 4.78 is 15.1. The van der Waals surface area contributed by atoms with Crippen LogP contribution in [0.2, 0.25) is 0 Å². The summed E-state index contributed by atoms with van der Waals surface area (Å²) in [5, 5.41) is 7.64. The predicted molar refractivity (Wildman–Crippen MR) is 107 cm³/mol. The minimum Gasteiger partial charge on any atom is -0.463 e. The normalized spacial score (nSPS) is 15.6. The van der Waals surface area contributed by atoms with Gasteiger partial charge in [0.1, 0.15) is 6.61 Å². The highest BCUT2D eigenvalue weighted by Gasteiger charge is 2.32. The lowest BCUT2D eigenvalue weighted by Gasteiger charge is -2.28. The average Bonchev–Trinajstić information content (AvgIpc) is 2.71. The highest BCUT2D eigenvalue weighted by Crippen LogP contribution is 2.18. The van der Waals surface area contributed by atoms with E-state index in [0.29, 0.717) is 12.1 Å². The molecule has 0 saturated carbocycles. The Morgan fingerprint density at radius 2 is 1.77 bits per heavy atom. The van der Waals surface area contributed by atoms with Crippen molar-refractivity contribution in [1.82, 2.24) is 10.6 Å². The van der Waals surface area contributed by atoms with Gasteiger partial charge in [-0.1, -0.05) is 13.0 Å². The maximum atomic E-state index is 12.5. The molecule has 0 unspecified atom stereocenters. The molecule has 1 aromatic carbocycles. The van der Waals surface area contributed by atoms with Gasteiger partial charge in [-0.05, 0) is 38.5 Å². The molecule has 30 heavy (non-hydrogen) atoms. The van der Waals surface area contributed by atoms with E-state index in [4.69, 9.17) is 14.2 Å². The molecule has 10 nitrogen and oxygen atoms in total. The van der Waals surface area contributed by atoms with E-state index in [1.54, 1.807) is 32.9 Å². The molecule has 1 aliphatic heterocycles. The summed E-state index contributed by atoms with van der Waals surface area (Å²) in [7, 11) is 0. The number of benzene rings is 1. The molecule has 1 heterocycles. The number of anilines is 1. The van der Waals surface area contributed by atoms with Crippen molar-refractivity contribution in [2.24, 2.45) is 0 Å². The van der Waals surface area contributed by atoms with Gasteiger partial charge >= 0.3 is 24.1 Å². The van der Waals surface area contributed by atoms with Gasteiger partial charge in [0.25, 0.3) is 0 Å². The minimum atomic E-state index is -0.695. The number of nitrogens with one attached hydrogen (secondary N) is 3. The Morgan fingerprint density at radius 1 is 1.03 bits per heavy atom. The third-order valence-electron chi connectivity index (χ3n) is 4.11. The van der Waals surface area contributed by atoms with E-state index in [2.05, 4.69) is 16.0 Å². The number of rotatable bonds is 8. The van der Waals surface area contributed by atoms with E-state index in [-0.39, 0.29) is 36.7 Å². The van der Waals surface area contributed by atoms with E-state index in [1.807, 2.05) is 0 Å². The largest absolute Gasteiger partial charge is 0.463 e. The molecule has 10 heteroatoms. The standard InChI is InChI=1S/C20H25N3O7/c1-4-14-16(18(25)28-5-2)15(23-19(26)22-14)11-30-17(24)12-8-7-9-13(10-12)21-20(27)29-6-3/h7-10,14H,4-6,11H2,1-3H3,(H,21,27)(H2,22,23,26)/t14-/m1/s1. The van der Waals surface area contributed by atoms with Crippen LogP contribution in [0, 0.1) is 0 Å². The van der Waals surface area contributed by atoms with Crippen LogP contribution in [0.15, 0.2) is 35.5 Å². The van der Waals surface area contributed by atoms with Gasteiger partial charge in [-0.25, -0.2) is 19.2 Å². The molecule has 2 rings (SSSR count). The number of carbonyl (C=O) groups excluding carboxylic acids is 4. The molecular weight excluding hydrogens is 394 g/mol. The Bertz CT molecular complexity index is 851. The zero-order valence-corrected chi connectivity index (χ0v) is 17.1. The first-order valence-corrected chi connectivity index (χ1v) is 9.58. The molecule has 1 aliphatic rings. The van der Waals surface area contributed by atoms with Crippen LogP contribution in [0.1, 0.15) is 37.6 Å². The van der Waals surface area contributed by atoms with Crippen molar-refractivity contribution in [3.63, 3.8) is 0 Å². The van der Waals surface area contributed by atoms with Gasteiger partial charge in [0.15, 0.2) is 0 Å². The second-order valence-corrected chi connectivity index (χ2v) is 6.17. The summed E-state index contributed by atoms with van der Waals surface area (Å²) in [5.41, 5.74) is 0.910. The molecule has 0 bridgehead atoms. The number of ether oxygens (including phenoxy) is 3. The van der Waals surface area contributed by atoms with Gasteiger partial charge in [0, 0.05) is 5.69 Å². The maximum Gasteiger partial charge on any atom is 0.411 e. The van der Waals surface area contributed by atoms with Crippen molar-refractivity contribution >= 4 is 29.8 Å². The molecule has 3 N–H and O–H groups in total. The van der Waals surface area contributed by atoms with E-state index in [1.165, 1.54) is 12.1 Å². The summed E-state index contributed by atoms with van der Waals surface area (Å²) in [4.78, 5) is 48.2. The van der Waals surface area contributed by atoms with Gasteiger partial charge < -0.3 is 24.8 Å². The smallest absolute Gasteiger partial charge is 0.411 e. The number of carbonyl (C=O) groups is 4. The number of amides is 3. The van der Waals surface area contributed by atoms with Gasteiger partial charge in [0.2, 0.25) is 0 Å². The molecule has 0 aromatic heterocycles. The second-order valence-electron chi connectivity index (χ2n) is 6.17. The first-order valence-electron chi connectivity index (χ1n) is 9.58. The van der Waals surface area contributed by atoms with Crippen molar-refractivity contribution in [2.75, 3.05) is 25.1 Å². The third-order valence-corrected chi connectivity index (χ3v) is 4.11. The SMILES string of the molecule is CCOC(=O)Nc1cccc(C(=O)OCC2=C(C(=O)OCC)[C@@H](CC)NC(=O)N2)c1. The Hall–Kier alpha value is -3.56. The molecule has 3 amide bonds. The van der Waals surface area contributed by atoms with E-state index in [9.17, 15) is 19.2 Å². The number of esters is 2. The summed E-state index contributed by atoms with van der Waals surface area (Å²) in [6.45, 7) is 5.21. The summed E-state index contributed by atoms with van der Waals surface area (Å²) in [6.07, 6.45) is -0.184. The lowest BCUT2D eigenvalue weighted by molar-refractivity contribution is -0.139. The molecule has 0 fully saturated rings. The fraction of sp³-hybridized carbons (Fsp3) is 0.400. The fourth-order valence-electron chi connectivity index (χ4n) is 2.81. The van der Waals surface area contributed by atoms with E-state index < -0.39 is 30.1 Å². The molecule has 1 atom stereocenters. The molecule has 0 spiro atoms. The first kappa shape index (κ1) is 22.7. The number of hydrogen-bond acceptors (Lipinski definition) is 7. The van der Waals surface area contributed by atoms with Crippen LogP contribution < -0.4 is 16.0 Å². The molecule has 0 saturated heterocycles. The van der Waals surface area contributed by atoms with Gasteiger partial charge in [-0.15, -0.1) is 0 Å². The van der Waals surface area contributed by atoms with Crippen LogP contribution >= 0.6 is 0 Å². The summed E-state index contributed by atoms with van der Waals surface area (Å²) in [6, 6.07) is 5.05. The Labute approximate surface area is 173 Å². The second kappa shape index (κ2) is 10.8. The van der Waals surface area contributed by atoms with Gasteiger partial charge in [-0.2, -0.15) is 0 Å². The molecular formula is C20H25N3O7. The lowest BCUT2D eigenvalue weighted by atomic mass is 10.0. The van der Waals surface area contributed by atoms with E-state index >= 15 is 0 Å². The zero-order valence-electron chi connectivity index (χ0n) is 17.1. The summed E-state index contributed by atoms with van der Waals surface area (Å²) in [5.74, 6) is -1.29. The Morgan fingerprint density at radius 3 is 2.43 bits per heavy atom. The Kier molecular flexibility index (Phi) is 8.21. The van der Waals surface area contributed by atoms with Crippen molar-refractivity contribution < 1.29 is 33.4 Å². The molecule has 0 aliphatic carbocycles. The number of hydrogen-bond donors (Lipinski definition) is 3. The van der Waals surface area contributed by atoms with E-state index in [0.717, 1.165) is 0 Å². The molecule has 1 aromatic rings. The Balaban J connectivity index is 2.15. The van der Waals surface area contributed by atoms with Crippen LogP contribution in [0.25, 0.3) is 0 Å². The number of urea groups is 1. The van der Waals surface area contributed by atoms with Crippen LogP contribution in [0.3, 0.4) is 0 Å². The molecule has 162 valence electrons. The van der Waals surface area contributed by atoms with Crippen molar-refractivity contribution in [3.05, 3.63) is 41.1 Å². The van der Waals surface area contributed by atoms with Crippen LogP contribution in [-0.4, -0.2) is 49.9 Å². The van der Waals surface area contributed by atoms with Crippen molar-refractivity contribution in [3.8, 4) is 0 Å². The quantitative estimate of drug-likeness (QED) is 0.435. The predicted octanol–water partition coefficient (Wildman–Crippen LogP) is 2.32. The molecule has 0 radical (unpaired) electrons. The third kappa shape index (κ3) is 5.97. The highest BCUT2D eigenvalue weighted by atomic mass is 16.5. The maximum absolute atomic E-state index is 12.5. The van der Waals surface area contributed by atoms with Crippen LogP contribution in [0.5, 0.6) is 0 Å². The van der Waals surface area contributed by atoms with Crippen molar-refractivity contribution in [1.29, 1.82) is 0 Å². The van der Waals surface area contributed by atoms with Crippen LogP contribution in [0.4, 0.5) is 15.3 Å². The van der Waals surface area contributed by atoms with Crippen LogP contribution in [-0.2, 0) is 19.0 Å². The minimum absolute atomic E-state index is 0.165. The van der Waals surface area contributed by atoms with Gasteiger partial charge in [0.05, 0.1) is 36.1 Å². The lowest BCUT2D eigenvalue weighted by Crippen LogP contribution is -2.51. The zero-order chi connectivity index (χ0) is 22.1.